The lowest BCUT2D eigenvalue weighted by Crippen LogP contribution is -2.46. The first-order valence-corrected chi connectivity index (χ1v) is 10.1. The van der Waals surface area contributed by atoms with Crippen LogP contribution in [-0.4, -0.2) is 40.1 Å². The van der Waals surface area contributed by atoms with Crippen molar-refractivity contribution in [2.24, 2.45) is 5.92 Å². The van der Waals surface area contributed by atoms with Gasteiger partial charge in [-0.05, 0) is 44.0 Å². The van der Waals surface area contributed by atoms with E-state index < -0.39 is 0 Å². The number of fused-ring (bicyclic) bond motifs is 1. The standard InChI is InChI=1S/C21H25N5O3/c1-2-26-18-17(8-3-10-22-18)24-19(21(26)28)25-12-4-6-15(14-25)20(27)23-11-9-16-7-5-13-29-16/h3,5,7-8,10,13,15H,2,4,6,9,11-12,14H2,1H3,(H,23,27). The summed E-state index contributed by atoms with van der Waals surface area (Å²) in [6.45, 7) is 4.18. The predicted octanol–water partition coefficient (Wildman–Crippen LogP) is 1.98. The summed E-state index contributed by atoms with van der Waals surface area (Å²) in [6.07, 6.45) is 5.61. The van der Waals surface area contributed by atoms with Crippen LogP contribution >= 0.6 is 0 Å². The van der Waals surface area contributed by atoms with Crippen LogP contribution in [0.2, 0.25) is 0 Å². The average molecular weight is 395 g/mol. The van der Waals surface area contributed by atoms with Crippen LogP contribution in [0, 0.1) is 5.92 Å². The highest BCUT2D eigenvalue weighted by atomic mass is 16.3. The number of nitrogens with zero attached hydrogens (tertiary/aromatic N) is 4. The van der Waals surface area contributed by atoms with Crippen LogP contribution in [0.15, 0.2) is 45.9 Å². The van der Waals surface area contributed by atoms with Gasteiger partial charge in [-0.25, -0.2) is 9.97 Å². The molecule has 8 nitrogen and oxygen atoms in total. The fourth-order valence-corrected chi connectivity index (χ4v) is 3.85. The number of carbonyl (C=O) groups is 1. The van der Waals surface area contributed by atoms with Crippen LogP contribution in [0.3, 0.4) is 0 Å². The summed E-state index contributed by atoms with van der Waals surface area (Å²) in [4.78, 5) is 36.5. The third-order valence-electron chi connectivity index (χ3n) is 5.34. The number of nitrogens with one attached hydrogen (secondary N) is 1. The Kier molecular flexibility index (Phi) is 5.59. The van der Waals surface area contributed by atoms with Crippen LogP contribution in [0.25, 0.3) is 11.2 Å². The molecular formula is C21H25N5O3. The Hall–Kier alpha value is -3.16. The zero-order chi connectivity index (χ0) is 20.2. The molecule has 1 aliphatic rings. The monoisotopic (exact) mass is 395 g/mol. The van der Waals surface area contributed by atoms with E-state index in [1.807, 2.05) is 36.1 Å². The molecule has 1 atom stereocenters. The molecular weight excluding hydrogens is 370 g/mol. The minimum atomic E-state index is -0.166. The van der Waals surface area contributed by atoms with Crippen molar-refractivity contribution in [3.05, 3.63) is 52.8 Å². The zero-order valence-electron chi connectivity index (χ0n) is 16.5. The largest absolute Gasteiger partial charge is 0.469 e. The highest BCUT2D eigenvalue weighted by molar-refractivity contribution is 5.79. The van der Waals surface area contributed by atoms with Crippen LogP contribution in [0.5, 0.6) is 0 Å². The first-order chi connectivity index (χ1) is 14.2. The molecule has 0 spiro atoms. The SMILES string of the molecule is CCn1c(=O)c(N2CCCC(C(=O)NCCc3ccco3)C2)nc2cccnc21. The lowest BCUT2D eigenvalue weighted by atomic mass is 9.97. The predicted molar refractivity (Wildman–Crippen MR) is 110 cm³/mol. The first-order valence-electron chi connectivity index (χ1n) is 10.1. The molecule has 4 heterocycles. The number of pyridine rings is 1. The maximum atomic E-state index is 13.0. The van der Waals surface area contributed by atoms with Crippen molar-refractivity contribution < 1.29 is 9.21 Å². The minimum Gasteiger partial charge on any atom is -0.469 e. The van der Waals surface area contributed by atoms with Gasteiger partial charge in [-0.1, -0.05) is 0 Å². The Morgan fingerprint density at radius 3 is 3.03 bits per heavy atom. The number of amides is 1. The van der Waals surface area contributed by atoms with E-state index in [-0.39, 0.29) is 17.4 Å². The summed E-state index contributed by atoms with van der Waals surface area (Å²) >= 11 is 0. The van der Waals surface area contributed by atoms with Crippen LogP contribution in [-0.2, 0) is 17.8 Å². The van der Waals surface area contributed by atoms with E-state index in [0.717, 1.165) is 18.6 Å². The fourth-order valence-electron chi connectivity index (χ4n) is 3.85. The third-order valence-corrected chi connectivity index (χ3v) is 5.34. The number of carbonyl (C=O) groups excluding carboxylic acids is 1. The van der Waals surface area contributed by atoms with Crippen LogP contribution in [0.4, 0.5) is 5.82 Å². The van der Waals surface area contributed by atoms with Crippen molar-refractivity contribution in [1.82, 2.24) is 19.9 Å². The van der Waals surface area contributed by atoms with Gasteiger partial charge in [0.2, 0.25) is 5.91 Å². The number of furan rings is 1. The van der Waals surface area contributed by atoms with Gasteiger partial charge in [-0.2, -0.15) is 0 Å². The van der Waals surface area contributed by atoms with Gasteiger partial charge in [0, 0.05) is 38.8 Å². The summed E-state index contributed by atoms with van der Waals surface area (Å²) in [5.74, 6) is 1.10. The van der Waals surface area contributed by atoms with Gasteiger partial charge in [0.05, 0.1) is 12.2 Å². The van der Waals surface area contributed by atoms with Crippen molar-refractivity contribution in [3.63, 3.8) is 0 Å². The van der Waals surface area contributed by atoms with E-state index in [2.05, 4.69) is 15.3 Å². The lowest BCUT2D eigenvalue weighted by molar-refractivity contribution is -0.125. The maximum Gasteiger partial charge on any atom is 0.295 e. The van der Waals surface area contributed by atoms with E-state index in [0.29, 0.717) is 49.6 Å². The van der Waals surface area contributed by atoms with Crippen LogP contribution < -0.4 is 15.8 Å². The quantitative estimate of drug-likeness (QED) is 0.686. The smallest absolute Gasteiger partial charge is 0.295 e. The molecule has 3 aromatic heterocycles. The zero-order valence-corrected chi connectivity index (χ0v) is 16.5. The Labute approximate surface area is 168 Å². The molecule has 0 saturated carbocycles. The minimum absolute atomic E-state index is 0.0135. The van der Waals surface area contributed by atoms with Gasteiger partial charge in [0.15, 0.2) is 11.5 Å². The maximum absolute atomic E-state index is 13.0. The summed E-state index contributed by atoms with van der Waals surface area (Å²) in [5, 5.41) is 2.99. The Morgan fingerprint density at radius 2 is 2.24 bits per heavy atom. The number of aromatic nitrogens is 3. The average Bonchev–Trinajstić information content (AvgIpc) is 3.27. The number of aryl methyl sites for hydroxylation is 1. The molecule has 0 aliphatic carbocycles. The summed E-state index contributed by atoms with van der Waals surface area (Å²) in [6, 6.07) is 7.41. The molecule has 1 amide bonds. The molecule has 0 aromatic carbocycles. The fraction of sp³-hybridized carbons (Fsp3) is 0.429. The van der Waals surface area contributed by atoms with Crippen molar-refractivity contribution in [3.8, 4) is 0 Å². The number of piperidine rings is 1. The molecule has 1 fully saturated rings. The highest BCUT2D eigenvalue weighted by Crippen LogP contribution is 2.21. The topological polar surface area (TPSA) is 93.3 Å². The van der Waals surface area contributed by atoms with Gasteiger partial charge >= 0.3 is 0 Å². The lowest BCUT2D eigenvalue weighted by Gasteiger charge is -2.32. The summed E-state index contributed by atoms with van der Waals surface area (Å²) in [5.41, 5.74) is 1.12. The van der Waals surface area contributed by atoms with Crippen molar-refractivity contribution in [1.29, 1.82) is 0 Å². The molecule has 0 radical (unpaired) electrons. The Balaban J connectivity index is 1.49. The second kappa shape index (κ2) is 8.46. The summed E-state index contributed by atoms with van der Waals surface area (Å²) in [7, 11) is 0. The van der Waals surface area contributed by atoms with Gasteiger partial charge in [-0.3, -0.25) is 14.2 Å². The Bertz CT molecular complexity index is 1040. The molecule has 0 bridgehead atoms. The molecule has 29 heavy (non-hydrogen) atoms. The first kappa shape index (κ1) is 19.2. The van der Waals surface area contributed by atoms with Crippen molar-refractivity contribution >= 4 is 22.9 Å². The van der Waals surface area contributed by atoms with Gasteiger partial charge in [-0.15, -0.1) is 0 Å². The summed E-state index contributed by atoms with van der Waals surface area (Å²) < 4.78 is 6.94. The van der Waals surface area contributed by atoms with E-state index in [9.17, 15) is 9.59 Å². The van der Waals surface area contributed by atoms with Gasteiger partial charge < -0.3 is 14.6 Å². The van der Waals surface area contributed by atoms with E-state index >= 15 is 0 Å². The van der Waals surface area contributed by atoms with Gasteiger partial charge in [0.25, 0.3) is 5.56 Å². The normalized spacial score (nSPS) is 16.9. The molecule has 1 aliphatic heterocycles. The van der Waals surface area contributed by atoms with Crippen molar-refractivity contribution in [2.75, 3.05) is 24.5 Å². The molecule has 1 unspecified atom stereocenters. The molecule has 152 valence electrons. The highest BCUT2D eigenvalue weighted by Gasteiger charge is 2.28. The van der Waals surface area contributed by atoms with Crippen LogP contribution in [0.1, 0.15) is 25.5 Å². The molecule has 8 heteroatoms. The number of anilines is 1. The van der Waals surface area contributed by atoms with Gasteiger partial charge in [0.1, 0.15) is 11.3 Å². The number of hydrogen-bond acceptors (Lipinski definition) is 6. The molecule has 1 saturated heterocycles. The molecule has 4 rings (SSSR count). The number of hydrogen-bond donors (Lipinski definition) is 1. The third kappa shape index (κ3) is 4.01. The molecule has 3 aromatic rings. The second-order valence-electron chi connectivity index (χ2n) is 7.24. The Morgan fingerprint density at radius 1 is 1.34 bits per heavy atom. The van der Waals surface area contributed by atoms with E-state index in [1.165, 1.54) is 0 Å². The van der Waals surface area contributed by atoms with E-state index in [1.54, 1.807) is 17.0 Å². The van der Waals surface area contributed by atoms with E-state index in [4.69, 9.17) is 4.42 Å². The van der Waals surface area contributed by atoms with Crippen molar-refractivity contribution in [2.45, 2.75) is 32.7 Å². The second-order valence-corrected chi connectivity index (χ2v) is 7.24. The number of rotatable bonds is 6. The molecule has 1 N–H and O–H groups in total.